The van der Waals surface area contributed by atoms with Gasteiger partial charge in [0.15, 0.2) is 0 Å². The highest BCUT2D eigenvalue weighted by Gasteiger charge is 2.13. The number of ether oxygens (including phenoxy) is 1. The Bertz CT molecular complexity index is 500. The fraction of sp³-hybridized carbons (Fsp3) is 0.750. The van der Waals surface area contributed by atoms with E-state index in [0.717, 1.165) is 30.6 Å². The molecule has 0 aliphatic rings. The van der Waals surface area contributed by atoms with E-state index < -0.39 is 0 Å². The summed E-state index contributed by atoms with van der Waals surface area (Å²) in [7, 11) is 0. The van der Waals surface area contributed by atoms with Gasteiger partial charge >= 0.3 is 5.97 Å². The maximum Gasteiger partial charge on any atom is 0.339 e. The van der Waals surface area contributed by atoms with Crippen LogP contribution in [0.15, 0.2) is 24.5 Å². The van der Waals surface area contributed by atoms with Gasteiger partial charge in [-0.05, 0) is 49.7 Å². The predicted molar refractivity (Wildman–Crippen MR) is 114 cm³/mol. The van der Waals surface area contributed by atoms with Crippen LogP contribution in [0, 0.1) is 17.8 Å². The summed E-state index contributed by atoms with van der Waals surface area (Å²) >= 11 is 0. The monoisotopic (exact) mass is 375 g/mol. The van der Waals surface area contributed by atoms with Crippen molar-refractivity contribution < 1.29 is 9.53 Å². The smallest absolute Gasteiger partial charge is 0.339 e. The van der Waals surface area contributed by atoms with Crippen LogP contribution in [0.3, 0.4) is 0 Å². The summed E-state index contributed by atoms with van der Waals surface area (Å²) in [6.45, 7) is 11.4. The Balaban J connectivity index is 2.07. The van der Waals surface area contributed by atoms with Crippen LogP contribution in [-0.2, 0) is 4.74 Å². The van der Waals surface area contributed by atoms with Crippen LogP contribution in [-0.4, -0.2) is 17.1 Å². The predicted octanol–water partition coefficient (Wildman–Crippen LogP) is 7.07. The molecule has 0 aromatic carbocycles. The third-order valence-electron chi connectivity index (χ3n) is 5.39. The molecule has 0 radical (unpaired) electrons. The van der Waals surface area contributed by atoms with Crippen LogP contribution in [0.5, 0.6) is 0 Å². The summed E-state index contributed by atoms with van der Waals surface area (Å²) in [6, 6.07) is 3.50. The molecule has 1 aromatic rings. The van der Waals surface area contributed by atoms with Gasteiger partial charge in [-0.25, -0.2) is 4.79 Å². The summed E-state index contributed by atoms with van der Waals surface area (Å²) in [5.41, 5.74) is 0.528. The van der Waals surface area contributed by atoms with Crippen LogP contribution in [0.4, 0.5) is 0 Å². The lowest BCUT2D eigenvalue weighted by Gasteiger charge is -2.16. The van der Waals surface area contributed by atoms with Crippen molar-refractivity contribution in [3.05, 3.63) is 30.1 Å². The van der Waals surface area contributed by atoms with Crippen molar-refractivity contribution in [1.29, 1.82) is 0 Å². The first-order valence-corrected chi connectivity index (χ1v) is 11.0. The molecule has 0 fully saturated rings. The van der Waals surface area contributed by atoms with E-state index in [0.29, 0.717) is 5.56 Å². The van der Waals surface area contributed by atoms with Gasteiger partial charge in [0, 0.05) is 12.4 Å². The minimum absolute atomic E-state index is 0.0362. The first-order valence-electron chi connectivity index (χ1n) is 11.0. The van der Waals surface area contributed by atoms with E-state index in [-0.39, 0.29) is 12.1 Å². The van der Waals surface area contributed by atoms with E-state index in [1.54, 1.807) is 24.5 Å². The highest BCUT2D eigenvalue weighted by atomic mass is 16.5. The number of carbonyl (C=O) groups is 1. The molecule has 0 aliphatic heterocycles. The number of rotatable bonds is 14. The van der Waals surface area contributed by atoms with Crippen molar-refractivity contribution in [3.8, 4) is 0 Å². The van der Waals surface area contributed by atoms with Gasteiger partial charge in [-0.1, -0.05) is 72.6 Å². The molecule has 3 nitrogen and oxygen atoms in total. The minimum Gasteiger partial charge on any atom is -0.459 e. The molecule has 0 amide bonds. The Kier molecular flexibility index (Phi) is 12.0. The van der Waals surface area contributed by atoms with Gasteiger partial charge in [-0.3, -0.25) is 4.98 Å². The molecule has 1 aromatic heterocycles. The van der Waals surface area contributed by atoms with Crippen molar-refractivity contribution in [2.75, 3.05) is 0 Å². The summed E-state index contributed by atoms with van der Waals surface area (Å²) in [6.07, 6.45) is 14.6. The normalized spacial score (nSPS) is 14.7. The highest BCUT2D eigenvalue weighted by Crippen LogP contribution is 2.22. The Morgan fingerprint density at radius 1 is 0.889 bits per heavy atom. The third-order valence-corrected chi connectivity index (χ3v) is 5.39. The number of aromatic nitrogens is 1. The zero-order chi connectivity index (χ0) is 20.1. The molecule has 3 atom stereocenters. The average Bonchev–Trinajstić information content (AvgIpc) is 2.62. The Morgan fingerprint density at radius 2 is 1.44 bits per heavy atom. The molecule has 3 unspecified atom stereocenters. The third kappa shape index (κ3) is 11.8. The Labute approximate surface area is 167 Å². The minimum atomic E-state index is -0.268. The van der Waals surface area contributed by atoms with Crippen molar-refractivity contribution >= 4 is 5.97 Å². The molecule has 154 valence electrons. The second-order valence-corrected chi connectivity index (χ2v) is 8.85. The van der Waals surface area contributed by atoms with E-state index in [1.807, 2.05) is 6.92 Å². The molecular formula is C24H41NO2. The lowest BCUT2D eigenvalue weighted by molar-refractivity contribution is 0.0317. The largest absolute Gasteiger partial charge is 0.459 e. The van der Waals surface area contributed by atoms with Crippen molar-refractivity contribution in [2.24, 2.45) is 17.8 Å². The first kappa shape index (κ1) is 23.7. The van der Waals surface area contributed by atoms with Crippen LogP contribution in [0.1, 0.15) is 103 Å². The maximum atomic E-state index is 12.0. The first-order chi connectivity index (χ1) is 12.9. The number of hydrogen-bond donors (Lipinski definition) is 0. The van der Waals surface area contributed by atoms with Crippen molar-refractivity contribution in [3.63, 3.8) is 0 Å². The maximum absolute atomic E-state index is 12.0. The van der Waals surface area contributed by atoms with E-state index in [4.69, 9.17) is 4.74 Å². The van der Waals surface area contributed by atoms with E-state index >= 15 is 0 Å². The molecule has 0 saturated carbocycles. The van der Waals surface area contributed by atoms with Crippen molar-refractivity contribution in [2.45, 2.75) is 98.5 Å². The second-order valence-electron chi connectivity index (χ2n) is 8.85. The molecule has 0 aliphatic carbocycles. The van der Waals surface area contributed by atoms with Gasteiger partial charge < -0.3 is 4.74 Å². The molecule has 1 rings (SSSR count). The number of carbonyl (C=O) groups excluding carboxylic acids is 1. The lowest BCUT2D eigenvalue weighted by atomic mass is 9.92. The molecule has 0 saturated heterocycles. The number of pyridine rings is 1. The fourth-order valence-electron chi connectivity index (χ4n) is 3.52. The van der Waals surface area contributed by atoms with Gasteiger partial charge in [0.25, 0.3) is 0 Å². The summed E-state index contributed by atoms with van der Waals surface area (Å²) < 4.78 is 5.51. The molecule has 0 bridgehead atoms. The van der Waals surface area contributed by atoms with E-state index in [1.165, 1.54) is 44.9 Å². The zero-order valence-corrected chi connectivity index (χ0v) is 18.2. The topological polar surface area (TPSA) is 39.2 Å². The quantitative estimate of drug-likeness (QED) is 0.326. The summed E-state index contributed by atoms with van der Waals surface area (Å²) in [5.74, 6) is 2.19. The number of hydrogen-bond acceptors (Lipinski definition) is 3. The lowest BCUT2D eigenvalue weighted by Crippen LogP contribution is -2.15. The van der Waals surface area contributed by atoms with Crippen LogP contribution < -0.4 is 0 Å². The fourth-order valence-corrected chi connectivity index (χ4v) is 3.52. The molecule has 3 heteroatoms. The van der Waals surface area contributed by atoms with E-state index in [9.17, 15) is 4.79 Å². The Morgan fingerprint density at radius 3 is 1.96 bits per heavy atom. The zero-order valence-electron chi connectivity index (χ0n) is 18.2. The Hall–Kier alpha value is -1.38. The standard InChI is InChI=1S/C24H41NO2/c1-19(2)10-6-11-20(3)12-7-13-21(4)14-8-15-22(5)27-24(26)23-16-9-17-25-18-23/h9,16-22H,6-8,10-15H2,1-5H3. The SMILES string of the molecule is CC(C)CCCC(C)CCCC(C)CCCC(C)OC(=O)c1cccnc1. The second kappa shape index (κ2) is 13.7. The van der Waals surface area contributed by atoms with Crippen LogP contribution >= 0.6 is 0 Å². The number of nitrogens with zero attached hydrogens (tertiary/aromatic N) is 1. The molecule has 0 N–H and O–H groups in total. The molecule has 27 heavy (non-hydrogen) atoms. The molecule has 0 spiro atoms. The molecule has 1 heterocycles. The van der Waals surface area contributed by atoms with Gasteiger partial charge in [0.2, 0.25) is 0 Å². The van der Waals surface area contributed by atoms with Gasteiger partial charge in [0.1, 0.15) is 0 Å². The van der Waals surface area contributed by atoms with Gasteiger partial charge in [-0.2, -0.15) is 0 Å². The van der Waals surface area contributed by atoms with Crippen LogP contribution in [0.2, 0.25) is 0 Å². The summed E-state index contributed by atoms with van der Waals surface area (Å²) in [5, 5.41) is 0. The van der Waals surface area contributed by atoms with Crippen molar-refractivity contribution in [1.82, 2.24) is 4.98 Å². The average molecular weight is 376 g/mol. The highest BCUT2D eigenvalue weighted by molar-refractivity contribution is 5.89. The van der Waals surface area contributed by atoms with Crippen LogP contribution in [0.25, 0.3) is 0 Å². The number of esters is 1. The summed E-state index contributed by atoms with van der Waals surface area (Å²) in [4.78, 5) is 16.0. The van der Waals surface area contributed by atoms with Gasteiger partial charge in [0.05, 0.1) is 11.7 Å². The van der Waals surface area contributed by atoms with E-state index in [2.05, 4.69) is 32.7 Å². The van der Waals surface area contributed by atoms with Gasteiger partial charge in [-0.15, -0.1) is 0 Å². The molecular weight excluding hydrogens is 334 g/mol.